The van der Waals surface area contributed by atoms with Crippen molar-refractivity contribution < 1.29 is 18.6 Å². The van der Waals surface area contributed by atoms with Gasteiger partial charge in [-0.1, -0.05) is 17.7 Å². The van der Waals surface area contributed by atoms with Gasteiger partial charge in [-0.3, -0.25) is 0 Å². The van der Waals surface area contributed by atoms with E-state index < -0.39 is 0 Å². The summed E-state index contributed by atoms with van der Waals surface area (Å²) in [6.07, 6.45) is 0. The van der Waals surface area contributed by atoms with E-state index in [9.17, 15) is 0 Å². The second-order valence-electron chi connectivity index (χ2n) is 5.30. The van der Waals surface area contributed by atoms with E-state index in [1.807, 2.05) is 36.4 Å². The van der Waals surface area contributed by atoms with Gasteiger partial charge in [-0.25, -0.2) is 4.98 Å². The van der Waals surface area contributed by atoms with E-state index in [1.165, 1.54) is 0 Å². The van der Waals surface area contributed by atoms with Crippen molar-refractivity contribution in [2.75, 3.05) is 14.2 Å². The Morgan fingerprint density at radius 3 is 2.48 bits per heavy atom. The molecular formula is C19H18ClNO4. The van der Waals surface area contributed by atoms with Gasteiger partial charge in [0.05, 0.1) is 13.7 Å². The molecule has 0 amide bonds. The van der Waals surface area contributed by atoms with Crippen LogP contribution >= 0.6 is 11.6 Å². The number of oxazole rings is 1. The second kappa shape index (κ2) is 8.05. The van der Waals surface area contributed by atoms with E-state index in [4.69, 9.17) is 30.2 Å². The molecule has 0 fully saturated rings. The molecule has 0 spiro atoms. The minimum Gasteiger partial charge on any atom is -0.497 e. The summed E-state index contributed by atoms with van der Waals surface area (Å²) < 4.78 is 22.0. The van der Waals surface area contributed by atoms with Crippen molar-refractivity contribution >= 4 is 11.6 Å². The van der Waals surface area contributed by atoms with E-state index in [2.05, 4.69) is 4.98 Å². The zero-order chi connectivity index (χ0) is 17.6. The lowest BCUT2D eigenvalue weighted by Gasteiger charge is -2.05. The van der Waals surface area contributed by atoms with Crippen molar-refractivity contribution in [2.24, 2.45) is 0 Å². The van der Waals surface area contributed by atoms with Crippen LogP contribution in [0.4, 0.5) is 0 Å². The maximum Gasteiger partial charge on any atom is 0.226 e. The van der Waals surface area contributed by atoms with Gasteiger partial charge in [0.2, 0.25) is 5.89 Å². The standard InChI is InChI=1S/C19H18ClNO4/c1-22-11-17-18(12-24-16-5-3-4-14(20)10-16)25-19(21-17)13-6-8-15(23-2)9-7-13/h3-10H,11-12H2,1-2H3. The molecule has 0 aliphatic heterocycles. The first kappa shape index (κ1) is 17.3. The third-order valence-electron chi connectivity index (χ3n) is 3.56. The molecule has 2 aromatic carbocycles. The minimum atomic E-state index is 0.238. The van der Waals surface area contributed by atoms with Gasteiger partial charge in [-0.05, 0) is 42.5 Å². The summed E-state index contributed by atoms with van der Waals surface area (Å²) in [4.78, 5) is 4.52. The van der Waals surface area contributed by atoms with Crippen LogP contribution in [0.3, 0.4) is 0 Å². The molecule has 0 radical (unpaired) electrons. The lowest BCUT2D eigenvalue weighted by molar-refractivity contribution is 0.176. The zero-order valence-corrected chi connectivity index (χ0v) is 14.7. The topological polar surface area (TPSA) is 53.7 Å². The molecular weight excluding hydrogens is 342 g/mol. The quantitative estimate of drug-likeness (QED) is 0.610. The van der Waals surface area contributed by atoms with Gasteiger partial charge >= 0.3 is 0 Å². The molecule has 1 aromatic heterocycles. The number of benzene rings is 2. The molecule has 0 bridgehead atoms. The Labute approximate surface area is 151 Å². The number of hydrogen-bond donors (Lipinski definition) is 0. The van der Waals surface area contributed by atoms with Crippen molar-refractivity contribution in [3.8, 4) is 23.0 Å². The average molecular weight is 360 g/mol. The Balaban J connectivity index is 1.81. The van der Waals surface area contributed by atoms with Crippen molar-refractivity contribution in [3.05, 3.63) is 65.0 Å². The first-order valence-corrected chi connectivity index (χ1v) is 8.07. The Kier molecular flexibility index (Phi) is 5.58. The van der Waals surface area contributed by atoms with Crippen molar-refractivity contribution in [1.29, 1.82) is 0 Å². The van der Waals surface area contributed by atoms with Gasteiger partial charge in [0.1, 0.15) is 23.8 Å². The Hall–Kier alpha value is -2.50. The predicted molar refractivity (Wildman–Crippen MR) is 95.0 cm³/mol. The summed E-state index contributed by atoms with van der Waals surface area (Å²) in [5, 5.41) is 0.617. The number of nitrogens with zero attached hydrogens (tertiary/aromatic N) is 1. The second-order valence-corrected chi connectivity index (χ2v) is 5.73. The highest BCUT2D eigenvalue weighted by Crippen LogP contribution is 2.26. The fourth-order valence-corrected chi connectivity index (χ4v) is 2.49. The molecule has 0 unspecified atom stereocenters. The monoisotopic (exact) mass is 359 g/mol. The Morgan fingerprint density at radius 2 is 1.80 bits per heavy atom. The van der Waals surface area contributed by atoms with Crippen LogP contribution in [0.5, 0.6) is 11.5 Å². The first-order valence-electron chi connectivity index (χ1n) is 7.70. The number of ether oxygens (including phenoxy) is 3. The van der Waals surface area contributed by atoms with Gasteiger partial charge in [0.25, 0.3) is 0 Å². The van der Waals surface area contributed by atoms with Gasteiger partial charge in [-0.15, -0.1) is 0 Å². The van der Waals surface area contributed by atoms with Gasteiger partial charge in [0.15, 0.2) is 5.76 Å². The number of aromatic nitrogens is 1. The molecule has 6 heteroatoms. The SMILES string of the molecule is COCc1nc(-c2ccc(OC)cc2)oc1COc1cccc(Cl)c1. The fourth-order valence-electron chi connectivity index (χ4n) is 2.31. The van der Waals surface area contributed by atoms with Crippen LogP contribution in [-0.4, -0.2) is 19.2 Å². The molecule has 25 heavy (non-hydrogen) atoms. The first-order chi connectivity index (χ1) is 12.2. The predicted octanol–water partition coefficient (Wildman–Crippen LogP) is 4.73. The van der Waals surface area contributed by atoms with Crippen LogP contribution in [-0.2, 0) is 18.0 Å². The van der Waals surface area contributed by atoms with E-state index in [0.717, 1.165) is 11.3 Å². The molecule has 0 saturated heterocycles. The van der Waals surface area contributed by atoms with Crippen LogP contribution in [0.15, 0.2) is 52.9 Å². The molecule has 1 heterocycles. The van der Waals surface area contributed by atoms with E-state index >= 15 is 0 Å². The summed E-state index contributed by atoms with van der Waals surface area (Å²) in [5.41, 5.74) is 1.56. The number of halogens is 1. The summed E-state index contributed by atoms with van der Waals surface area (Å²) in [6, 6.07) is 14.7. The molecule has 3 rings (SSSR count). The number of methoxy groups -OCH3 is 2. The summed E-state index contributed by atoms with van der Waals surface area (Å²) in [5.74, 6) is 2.57. The van der Waals surface area contributed by atoms with E-state index in [1.54, 1.807) is 26.4 Å². The molecule has 3 aromatic rings. The van der Waals surface area contributed by atoms with Crippen LogP contribution < -0.4 is 9.47 Å². The highest BCUT2D eigenvalue weighted by atomic mass is 35.5. The Morgan fingerprint density at radius 1 is 1.00 bits per heavy atom. The van der Waals surface area contributed by atoms with Crippen LogP contribution in [0, 0.1) is 0 Å². The lowest BCUT2D eigenvalue weighted by Crippen LogP contribution is -1.99. The summed E-state index contributed by atoms with van der Waals surface area (Å²) in [6.45, 7) is 0.579. The number of hydrogen-bond acceptors (Lipinski definition) is 5. The molecule has 0 saturated carbocycles. The molecule has 0 aliphatic carbocycles. The molecule has 130 valence electrons. The van der Waals surface area contributed by atoms with Crippen LogP contribution in [0.1, 0.15) is 11.5 Å². The normalized spacial score (nSPS) is 10.7. The molecule has 5 nitrogen and oxygen atoms in total. The molecule has 0 N–H and O–H groups in total. The van der Waals surface area contributed by atoms with E-state index in [-0.39, 0.29) is 6.61 Å². The third-order valence-corrected chi connectivity index (χ3v) is 3.80. The highest BCUT2D eigenvalue weighted by molar-refractivity contribution is 6.30. The lowest BCUT2D eigenvalue weighted by atomic mass is 10.2. The number of rotatable bonds is 7. The maximum absolute atomic E-state index is 5.97. The van der Waals surface area contributed by atoms with Gasteiger partial charge in [-0.2, -0.15) is 0 Å². The minimum absolute atomic E-state index is 0.238. The molecule has 0 atom stereocenters. The average Bonchev–Trinajstić information content (AvgIpc) is 3.03. The Bertz CT molecular complexity index is 830. The highest BCUT2D eigenvalue weighted by Gasteiger charge is 2.15. The zero-order valence-electron chi connectivity index (χ0n) is 14.0. The summed E-state index contributed by atoms with van der Waals surface area (Å²) in [7, 11) is 3.24. The largest absolute Gasteiger partial charge is 0.497 e. The van der Waals surface area contributed by atoms with Crippen molar-refractivity contribution in [3.63, 3.8) is 0 Å². The van der Waals surface area contributed by atoms with Crippen molar-refractivity contribution in [1.82, 2.24) is 4.98 Å². The van der Waals surface area contributed by atoms with Gasteiger partial charge < -0.3 is 18.6 Å². The van der Waals surface area contributed by atoms with E-state index in [0.29, 0.717) is 34.7 Å². The maximum atomic E-state index is 5.97. The summed E-state index contributed by atoms with van der Waals surface area (Å²) >= 11 is 5.97. The van der Waals surface area contributed by atoms with Crippen LogP contribution in [0.25, 0.3) is 11.5 Å². The van der Waals surface area contributed by atoms with Gasteiger partial charge in [0, 0.05) is 17.7 Å². The van der Waals surface area contributed by atoms with Crippen molar-refractivity contribution in [2.45, 2.75) is 13.2 Å². The molecule has 0 aliphatic rings. The smallest absolute Gasteiger partial charge is 0.226 e. The van der Waals surface area contributed by atoms with Crippen LogP contribution in [0.2, 0.25) is 5.02 Å². The third kappa shape index (κ3) is 4.32. The fraction of sp³-hybridized carbons (Fsp3) is 0.211.